The minimum Gasteiger partial charge on any atom is -0.350 e. The number of hydrogen-bond donors (Lipinski definition) is 1. The van der Waals surface area contributed by atoms with Crippen LogP contribution in [-0.4, -0.2) is 27.1 Å². The molecule has 0 aliphatic heterocycles. The number of sulfonamides is 1. The molecule has 2 aromatic rings. The number of anilines is 1. The molecule has 2 rings (SSSR count). The highest BCUT2D eigenvalue weighted by atomic mass is 32.2. The Labute approximate surface area is 168 Å². The first kappa shape index (κ1) is 22.0. The molecule has 0 aliphatic rings. The van der Waals surface area contributed by atoms with E-state index < -0.39 is 10.0 Å². The summed E-state index contributed by atoms with van der Waals surface area (Å²) in [6, 6.07) is 13.5. The van der Waals surface area contributed by atoms with E-state index in [1.54, 1.807) is 12.1 Å². The van der Waals surface area contributed by atoms with E-state index in [1.165, 1.54) is 10.6 Å². The SMILES string of the molecule is Cc1ccc(N(CCCC(=O)N[C@H](C)c2cc(C)ccc2C)S(C)(=O)=O)cc1. The van der Waals surface area contributed by atoms with Crippen molar-refractivity contribution in [3.05, 3.63) is 64.7 Å². The van der Waals surface area contributed by atoms with Gasteiger partial charge in [0.15, 0.2) is 0 Å². The van der Waals surface area contributed by atoms with Crippen molar-refractivity contribution in [1.29, 1.82) is 0 Å². The molecule has 0 spiro atoms. The molecule has 0 aromatic heterocycles. The molecule has 0 unspecified atom stereocenters. The van der Waals surface area contributed by atoms with E-state index >= 15 is 0 Å². The fourth-order valence-electron chi connectivity index (χ4n) is 3.20. The van der Waals surface area contributed by atoms with E-state index in [0.717, 1.165) is 22.3 Å². The first-order chi connectivity index (χ1) is 13.1. The van der Waals surface area contributed by atoms with Crippen molar-refractivity contribution in [2.24, 2.45) is 0 Å². The Morgan fingerprint density at radius 1 is 1.04 bits per heavy atom. The summed E-state index contributed by atoms with van der Waals surface area (Å²) < 4.78 is 25.7. The van der Waals surface area contributed by atoms with Gasteiger partial charge in [-0.05, 0) is 57.4 Å². The summed E-state index contributed by atoms with van der Waals surface area (Å²) in [6.45, 7) is 8.25. The highest BCUT2D eigenvalue weighted by molar-refractivity contribution is 7.92. The van der Waals surface area contributed by atoms with Crippen LogP contribution in [0.3, 0.4) is 0 Å². The summed E-state index contributed by atoms with van der Waals surface area (Å²) in [5, 5.41) is 3.02. The van der Waals surface area contributed by atoms with Gasteiger partial charge in [-0.1, -0.05) is 41.5 Å². The van der Waals surface area contributed by atoms with E-state index in [1.807, 2.05) is 39.8 Å². The molecule has 28 heavy (non-hydrogen) atoms. The Kier molecular flexibility index (Phi) is 7.24. The van der Waals surface area contributed by atoms with Gasteiger partial charge in [0.25, 0.3) is 0 Å². The smallest absolute Gasteiger partial charge is 0.232 e. The highest BCUT2D eigenvalue weighted by Gasteiger charge is 2.18. The normalized spacial score (nSPS) is 12.5. The average Bonchev–Trinajstić information content (AvgIpc) is 2.60. The van der Waals surface area contributed by atoms with Crippen LogP contribution in [0.2, 0.25) is 0 Å². The van der Waals surface area contributed by atoms with Gasteiger partial charge >= 0.3 is 0 Å². The molecule has 5 nitrogen and oxygen atoms in total. The van der Waals surface area contributed by atoms with Gasteiger partial charge in [-0.15, -0.1) is 0 Å². The molecular formula is C22H30N2O3S. The molecule has 152 valence electrons. The molecular weight excluding hydrogens is 372 g/mol. The van der Waals surface area contributed by atoms with Crippen LogP contribution in [0.25, 0.3) is 0 Å². The van der Waals surface area contributed by atoms with Gasteiger partial charge in [-0.2, -0.15) is 0 Å². The summed E-state index contributed by atoms with van der Waals surface area (Å²) >= 11 is 0. The van der Waals surface area contributed by atoms with Gasteiger partial charge in [0.2, 0.25) is 15.9 Å². The minimum atomic E-state index is -3.40. The monoisotopic (exact) mass is 402 g/mol. The average molecular weight is 403 g/mol. The lowest BCUT2D eigenvalue weighted by molar-refractivity contribution is -0.121. The zero-order valence-electron chi connectivity index (χ0n) is 17.3. The van der Waals surface area contributed by atoms with Crippen LogP contribution in [0.1, 0.15) is 48.1 Å². The summed E-state index contributed by atoms with van der Waals surface area (Å²) in [6.07, 6.45) is 1.91. The van der Waals surface area contributed by atoms with Crippen molar-refractivity contribution >= 4 is 21.6 Å². The lowest BCUT2D eigenvalue weighted by Crippen LogP contribution is -2.32. The zero-order chi connectivity index (χ0) is 20.9. The van der Waals surface area contributed by atoms with Crippen molar-refractivity contribution in [2.75, 3.05) is 17.1 Å². The van der Waals surface area contributed by atoms with Gasteiger partial charge in [0.05, 0.1) is 18.0 Å². The van der Waals surface area contributed by atoms with Crippen molar-refractivity contribution in [3.63, 3.8) is 0 Å². The number of hydrogen-bond acceptors (Lipinski definition) is 3. The maximum absolute atomic E-state index is 12.4. The molecule has 0 aliphatic carbocycles. The minimum absolute atomic E-state index is 0.0780. The number of carbonyl (C=O) groups excluding carboxylic acids is 1. The maximum atomic E-state index is 12.4. The Morgan fingerprint density at radius 2 is 1.64 bits per heavy atom. The third-order valence-electron chi connectivity index (χ3n) is 4.77. The fraction of sp³-hybridized carbons (Fsp3) is 0.409. The molecule has 1 amide bonds. The second kappa shape index (κ2) is 9.24. The summed E-state index contributed by atoms with van der Waals surface area (Å²) in [5.74, 6) is -0.0780. The lowest BCUT2D eigenvalue weighted by atomic mass is 10.00. The van der Waals surface area contributed by atoms with Crippen molar-refractivity contribution in [2.45, 2.75) is 46.6 Å². The number of nitrogens with zero attached hydrogens (tertiary/aromatic N) is 1. The zero-order valence-corrected chi connectivity index (χ0v) is 18.1. The molecule has 0 bridgehead atoms. The number of benzene rings is 2. The van der Waals surface area contributed by atoms with Crippen LogP contribution in [0.4, 0.5) is 5.69 Å². The molecule has 0 saturated carbocycles. The molecule has 0 heterocycles. The topological polar surface area (TPSA) is 66.5 Å². The van der Waals surface area contributed by atoms with Crippen LogP contribution in [0, 0.1) is 20.8 Å². The first-order valence-corrected chi connectivity index (χ1v) is 11.3. The van der Waals surface area contributed by atoms with Crippen molar-refractivity contribution in [3.8, 4) is 0 Å². The third-order valence-corrected chi connectivity index (χ3v) is 5.96. The first-order valence-electron chi connectivity index (χ1n) is 9.49. The number of aryl methyl sites for hydroxylation is 3. The largest absolute Gasteiger partial charge is 0.350 e. The molecule has 6 heteroatoms. The molecule has 0 radical (unpaired) electrons. The molecule has 0 fully saturated rings. The van der Waals surface area contributed by atoms with E-state index in [4.69, 9.17) is 0 Å². The van der Waals surface area contributed by atoms with Crippen LogP contribution >= 0.6 is 0 Å². The standard InChI is InChI=1S/C22H30N2O3S/c1-16-9-12-20(13-10-16)24(28(5,26)27)14-6-7-22(25)23-19(4)21-15-17(2)8-11-18(21)3/h8-13,15,19H,6-7,14H2,1-5H3,(H,23,25)/t19-/m1/s1. The lowest BCUT2D eigenvalue weighted by Gasteiger charge is -2.23. The Morgan fingerprint density at radius 3 is 2.25 bits per heavy atom. The molecule has 0 saturated heterocycles. The van der Waals surface area contributed by atoms with Gasteiger partial charge in [-0.25, -0.2) is 8.42 Å². The molecule has 1 atom stereocenters. The Balaban J connectivity index is 1.95. The van der Waals surface area contributed by atoms with Crippen LogP contribution in [-0.2, 0) is 14.8 Å². The molecule has 2 aromatic carbocycles. The predicted molar refractivity (Wildman–Crippen MR) is 115 cm³/mol. The summed E-state index contributed by atoms with van der Waals surface area (Å²) in [5.41, 5.74) is 5.09. The summed E-state index contributed by atoms with van der Waals surface area (Å²) in [4.78, 5) is 12.4. The number of amides is 1. The van der Waals surface area contributed by atoms with E-state index in [9.17, 15) is 13.2 Å². The van der Waals surface area contributed by atoms with Gasteiger partial charge < -0.3 is 5.32 Å². The fourth-order valence-corrected chi connectivity index (χ4v) is 4.16. The van der Waals surface area contributed by atoms with Crippen molar-refractivity contribution < 1.29 is 13.2 Å². The second-order valence-corrected chi connectivity index (χ2v) is 9.33. The van der Waals surface area contributed by atoms with E-state index in [0.29, 0.717) is 12.1 Å². The highest BCUT2D eigenvalue weighted by Crippen LogP contribution is 2.20. The van der Waals surface area contributed by atoms with Gasteiger partial charge in [-0.3, -0.25) is 9.10 Å². The van der Waals surface area contributed by atoms with Crippen LogP contribution in [0.5, 0.6) is 0 Å². The van der Waals surface area contributed by atoms with Crippen molar-refractivity contribution in [1.82, 2.24) is 5.32 Å². The van der Waals surface area contributed by atoms with Gasteiger partial charge in [0, 0.05) is 13.0 Å². The number of rotatable bonds is 8. The quantitative estimate of drug-likeness (QED) is 0.725. The summed E-state index contributed by atoms with van der Waals surface area (Å²) in [7, 11) is -3.40. The second-order valence-electron chi connectivity index (χ2n) is 7.42. The number of carbonyl (C=O) groups is 1. The van der Waals surface area contributed by atoms with E-state index in [2.05, 4.69) is 23.5 Å². The Bertz CT molecular complexity index is 921. The number of nitrogens with one attached hydrogen (secondary N) is 1. The predicted octanol–water partition coefficient (Wildman–Crippen LogP) is 4.04. The third kappa shape index (κ3) is 6.09. The maximum Gasteiger partial charge on any atom is 0.232 e. The molecule has 1 N–H and O–H groups in total. The van der Waals surface area contributed by atoms with Crippen LogP contribution < -0.4 is 9.62 Å². The van der Waals surface area contributed by atoms with E-state index in [-0.39, 0.29) is 24.9 Å². The van der Waals surface area contributed by atoms with Crippen LogP contribution in [0.15, 0.2) is 42.5 Å². The van der Waals surface area contributed by atoms with Gasteiger partial charge in [0.1, 0.15) is 0 Å². The Hall–Kier alpha value is -2.34.